The summed E-state index contributed by atoms with van der Waals surface area (Å²) in [7, 11) is 0. The van der Waals surface area contributed by atoms with Gasteiger partial charge in [-0.2, -0.15) is 0 Å². The molecular weight excluding hydrogens is 337 g/mol. The first-order valence-corrected chi connectivity index (χ1v) is 8.15. The van der Waals surface area contributed by atoms with E-state index in [1.807, 2.05) is 6.92 Å². The Kier molecular flexibility index (Phi) is 4.62. The summed E-state index contributed by atoms with van der Waals surface area (Å²) in [6.07, 6.45) is 0.720. The number of amides is 1. The molecular formula is C19H18FN3O3. The predicted octanol–water partition coefficient (Wildman–Crippen LogP) is 2.76. The third-order valence-electron chi connectivity index (χ3n) is 4.09. The lowest BCUT2D eigenvalue weighted by atomic mass is 9.99. The first-order chi connectivity index (χ1) is 12.4. The number of carbonyl (C=O) groups is 1. The lowest BCUT2D eigenvalue weighted by Crippen LogP contribution is -2.31. The molecule has 0 saturated heterocycles. The van der Waals surface area contributed by atoms with Gasteiger partial charge >= 0.3 is 0 Å². The topological polar surface area (TPSA) is 108 Å². The first-order valence-electron chi connectivity index (χ1n) is 8.15. The molecule has 0 bridgehead atoms. The van der Waals surface area contributed by atoms with Crippen molar-refractivity contribution in [2.45, 2.75) is 13.3 Å². The molecule has 2 aromatic carbocycles. The van der Waals surface area contributed by atoms with Gasteiger partial charge in [-0.15, -0.1) is 0 Å². The Bertz CT molecular complexity index is 1060. The molecule has 6 nitrogen and oxygen atoms in total. The fourth-order valence-electron chi connectivity index (χ4n) is 2.84. The molecule has 26 heavy (non-hydrogen) atoms. The molecule has 0 aliphatic heterocycles. The van der Waals surface area contributed by atoms with E-state index in [1.165, 1.54) is 12.1 Å². The van der Waals surface area contributed by atoms with E-state index in [-0.39, 0.29) is 22.6 Å². The van der Waals surface area contributed by atoms with E-state index in [4.69, 9.17) is 5.73 Å². The molecule has 1 heterocycles. The number of aromatic amines is 1. The van der Waals surface area contributed by atoms with Gasteiger partial charge in [0.1, 0.15) is 17.1 Å². The number of hydrogen-bond acceptors (Lipinski definition) is 4. The van der Waals surface area contributed by atoms with Gasteiger partial charge in [-0.05, 0) is 24.6 Å². The molecule has 0 fully saturated rings. The number of phenolic OH excluding ortho intramolecular Hbond substituents is 1. The Hall–Kier alpha value is -3.35. The van der Waals surface area contributed by atoms with Crippen molar-refractivity contribution in [3.8, 4) is 16.9 Å². The number of fused-ring (bicyclic) bond motifs is 1. The minimum atomic E-state index is -0.656. The van der Waals surface area contributed by atoms with Gasteiger partial charge in [-0.1, -0.05) is 25.1 Å². The van der Waals surface area contributed by atoms with Gasteiger partial charge in [0, 0.05) is 23.1 Å². The maximum atomic E-state index is 14.2. The van der Waals surface area contributed by atoms with Gasteiger partial charge in [-0.25, -0.2) is 4.39 Å². The van der Waals surface area contributed by atoms with E-state index < -0.39 is 17.3 Å². The van der Waals surface area contributed by atoms with E-state index in [0.717, 1.165) is 12.5 Å². The number of rotatable bonds is 4. The molecule has 0 aliphatic rings. The molecule has 0 spiro atoms. The van der Waals surface area contributed by atoms with Crippen LogP contribution in [0.15, 0.2) is 41.2 Å². The molecule has 0 atom stereocenters. The van der Waals surface area contributed by atoms with Crippen LogP contribution >= 0.6 is 0 Å². The normalized spacial score (nSPS) is 10.8. The molecule has 7 heteroatoms. The highest BCUT2D eigenvalue weighted by Gasteiger charge is 2.19. The van der Waals surface area contributed by atoms with Crippen molar-refractivity contribution in [2.24, 2.45) is 0 Å². The van der Waals surface area contributed by atoms with E-state index in [9.17, 15) is 19.1 Å². The number of carbonyl (C=O) groups excluding carboxylic acids is 1. The first kappa shape index (κ1) is 17.5. The van der Waals surface area contributed by atoms with Gasteiger partial charge < -0.3 is 21.1 Å². The Morgan fingerprint density at radius 1 is 1.27 bits per heavy atom. The van der Waals surface area contributed by atoms with Crippen LogP contribution in [-0.4, -0.2) is 22.5 Å². The standard InChI is InChI=1S/C19H18FN3O3/c1-2-8-22-18(25)15-16(21)12-5-3-4-11(17(12)23-19(15)26)13-9-10(24)6-7-14(13)20/h3-7,9,24H,2,8H2,1H3,(H,22,25)(H3,21,23,26). The van der Waals surface area contributed by atoms with E-state index in [2.05, 4.69) is 10.3 Å². The van der Waals surface area contributed by atoms with Crippen LogP contribution in [0.1, 0.15) is 23.7 Å². The summed E-state index contributed by atoms with van der Waals surface area (Å²) >= 11 is 0. The van der Waals surface area contributed by atoms with Crippen LogP contribution < -0.4 is 16.6 Å². The zero-order valence-electron chi connectivity index (χ0n) is 14.1. The van der Waals surface area contributed by atoms with Crippen LogP contribution in [0, 0.1) is 5.82 Å². The lowest BCUT2D eigenvalue weighted by molar-refractivity contribution is 0.0953. The highest BCUT2D eigenvalue weighted by Crippen LogP contribution is 2.33. The van der Waals surface area contributed by atoms with Crippen molar-refractivity contribution in [3.05, 3.63) is 58.1 Å². The van der Waals surface area contributed by atoms with Crippen molar-refractivity contribution >= 4 is 22.5 Å². The molecule has 134 valence electrons. The third kappa shape index (κ3) is 2.99. The van der Waals surface area contributed by atoms with Crippen LogP contribution in [0.4, 0.5) is 10.1 Å². The average molecular weight is 355 g/mol. The number of hydrogen-bond donors (Lipinski definition) is 4. The Morgan fingerprint density at radius 3 is 2.77 bits per heavy atom. The number of phenols is 1. The monoisotopic (exact) mass is 355 g/mol. The van der Waals surface area contributed by atoms with Crippen LogP contribution in [-0.2, 0) is 0 Å². The van der Waals surface area contributed by atoms with Gasteiger partial charge in [0.05, 0.1) is 11.2 Å². The van der Waals surface area contributed by atoms with Crippen LogP contribution in [0.3, 0.4) is 0 Å². The van der Waals surface area contributed by atoms with E-state index in [1.54, 1.807) is 18.2 Å². The number of pyridine rings is 1. The van der Waals surface area contributed by atoms with Crippen LogP contribution in [0.5, 0.6) is 5.75 Å². The van der Waals surface area contributed by atoms with Crippen LogP contribution in [0.25, 0.3) is 22.0 Å². The summed E-state index contributed by atoms with van der Waals surface area (Å²) in [6, 6.07) is 8.52. The number of nitrogens with two attached hydrogens (primary N) is 1. The number of anilines is 1. The maximum Gasteiger partial charge on any atom is 0.263 e. The zero-order chi connectivity index (χ0) is 18.8. The molecule has 0 saturated carbocycles. The fraction of sp³-hybridized carbons (Fsp3) is 0.158. The average Bonchev–Trinajstić information content (AvgIpc) is 2.61. The number of halogens is 1. The second-order valence-electron chi connectivity index (χ2n) is 5.89. The van der Waals surface area contributed by atoms with Crippen molar-refractivity contribution in [3.63, 3.8) is 0 Å². The van der Waals surface area contributed by atoms with Crippen molar-refractivity contribution in [1.82, 2.24) is 10.3 Å². The quantitative estimate of drug-likeness (QED) is 0.577. The third-order valence-corrected chi connectivity index (χ3v) is 4.09. The number of benzene rings is 2. The van der Waals surface area contributed by atoms with E-state index >= 15 is 0 Å². The summed E-state index contributed by atoms with van der Waals surface area (Å²) < 4.78 is 14.2. The lowest BCUT2D eigenvalue weighted by Gasteiger charge is -2.12. The number of nitrogen functional groups attached to an aromatic ring is 1. The summed E-state index contributed by atoms with van der Waals surface area (Å²) in [5.74, 6) is -1.22. The minimum Gasteiger partial charge on any atom is -0.508 e. The van der Waals surface area contributed by atoms with Crippen molar-refractivity contribution in [1.29, 1.82) is 0 Å². The molecule has 0 unspecified atom stereocenters. The van der Waals surface area contributed by atoms with Gasteiger partial charge in [-0.3, -0.25) is 9.59 Å². The predicted molar refractivity (Wildman–Crippen MR) is 98.7 cm³/mol. The van der Waals surface area contributed by atoms with E-state index in [0.29, 0.717) is 23.0 Å². The second kappa shape index (κ2) is 6.87. The summed E-state index contributed by atoms with van der Waals surface area (Å²) in [4.78, 5) is 27.3. The molecule has 3 aromatic rings. The maximum absolute atomic E-state index is 14.2. The SMILES string of the molecule is CCCNC(=O)c1c(N)c2cccc(-c3cc(O)ccc3F)c2[nH]c1=O. The summed E-state index contributed by atoms with van der Waals surface area (Å²) in [5, 5.41) is 12.7. The number of nitrogens with one attached hydrogen (secondary N) is 2. The molecule has 5 N–H and O–H groups in total. The minimum absolute atomic E-state index is 0.0276. The number of aromatic hydroxyl groups is 1. The Morgan fingerprint density at radius 2 is 2.04 bits per heavy atom. The van der Waals surface area contributed by atoms with Gasteiger partial charge in [0.25, 0.3) is 11.5 Å². The van der Waals surface area contributed by atoms with Crippen LogP contribution in [0.2, 0.25) is 0 Å². The highest BCUT2D eigenvalue weighted by atomic mass is 19.1. The van der Waals surface area contributed by atoms with Crippen molar-refractivity contribution < 1.29 is 14.3 Å². The largest absolute Gasteiger partial charge is 0.508 e. The molecule has 0 aliphatic carbocycles. The Labute approximate surface area is 148 Å². The van der Waals surface area contributed by atoms with Gasteiger partial charge in [0.15, 0.2) is 0 Å². The highest BCUT2D eigenvalue weighted by molar-refractivity contribution is 6.08. The second-order valence-corrected chi connectivity index (χ2v) is 5.89. The fourth-order valence-corrected chi connectivity index (χ4v) is 2.84. The zero-order valence-corrected chi connectivity index (χ0v) is 14.1. The summed E-state index contributed by atoms with van der Waals surface area (Å²) in [6.45, 7) is 2.31. The molecule has 1 amide bonds. The number of H-pyrrole nitrogens is 1. The molecule has 1 aromatic heterocycles. The molecule has 0 radical (unpaired) electrons. The summed E-state index contributed by atoms with van der Waals surface area (Å²) in [5.41, 5.74) is 6.07. The number of aromatic nitrogens is 1. The molecule has 3 rings (SSSR count). The van der Waals surface area contributed by atoms with Gasteiger partial charge in [0.2, 0.25) is 0 Å². The Balaban J connectivity index is 2.26. The van der Waals surface area contributed by atoms with Crippen molar-refractivity contribution in [2.75, 3.05) is 12.3 Å². The smallest absolute Gasteiger partial charge is 0.263 e. The number of para-hydroxylation sites is 1.